The summed E-state index contributed by atoms with van der Waals surface area (Å²) in [5.74, 6) is -1.70. The number of rotatable bonds is 9. The summed E-state index contributed by atoms with van der Waals surface area (Å²) < 4.78 is 15.5. The number of carbonyl (C=O) groups is 4. The number of carbonyl (C=O) groups excluding carboxylic acids is 4. The van der Waals surface area contributed by atoms with Gasteiger partial charge in [-0.3, -0.25) is 19.1 Å². The summed E-state index contributed by atoms with van der Waals surface area (Å²) in [6.07, 6.45) is 1.53. The van der Waals surface area contributed by atoms with Crippen molar-refractivity contribution in [1.82, 2.24) is 20.0 Å². The molecule has 1 heterocycles. The molecule has 4 amide bonds. The van der Waals surface area contributed by atoms with Crippen LogP contribution in [0.4, 0.5) is 14.9 Å². The molecule has 0 spiro atoms. The van der Waals surface area contributed by atoms with Crippen molar-refractivity contribution >= 4 is 51.8 Å². The van der Waals surface area contributed by atoms with Crippen LogP contribution in [0.2, 0.25) is 5.02 Å². The van der Waals surface area contributed by atoms with Crippen molar-refractivity contribution in [3.8, 4) is 0 Å². The summed E-state index contributed by atoms with van der Waals surface area (Å²) in [6.45, 7) is 0.896. The van der Waals surface area contributed by atoms with Crippen molar-refractivity contribution in [2.24, 2.45) is 5.73 Å². The minimum Gasteiger partial charge on any atom is -0.351 e. The smallest absolute Gasteiger partial charge is 0.316 e. The highest BCUT2D eigenvalue weighted by atomic mass is 35.5. The highest BCUT2D eigenvalue weighted by Crippen LogP contribution is 2.28. The molecule has 4 rings (SSSR count). The van der Waals surface area contributed by atoms with Crippen LogP contribution in [-0.2, 0) is 22.7 Å². The fourth-order valence-electron chi connectivity index (χ4n) is 3.90. The van der Waals surface area contributed by atoms with Crippen molar-refractivity contribution < 1.29 is 23.6 Å². The van der Waals surface area contributed by atoms with Gasteiger partial charge in [0.05, 0.1) is 17.1 Å². The SMILES string of the molecule is CC(=O)c1nn(CC(=O)N(CC(=O)NCc2cccc(Cl)c2F)C2CC2)c2ccc(NC(N)=O)cc12. The largest absolute Gasteiger partial charge is 0.351 e. The van der Waals surface area contributed by atoms with Crippen molar-refractivity contribution in [2.75, 3.05) is 11.9 Å². The Bertz CT molecular complexity index is 1370. The molecule has 1 aliphatic rings. The Kier molecular flexibility index (Phi) is 7.20. The van der Waals surface area contributed by atoms with Crippen LogP contribution in [0.15, 0.2) is 36.4 Å². The number of benzene rings is 2. The topological polar surface area (TPSA) is 139 Å². The van der Waals surface area contributed by atoms with Gasteiger partial charge in [0.25, 0.3) is 0 Å². The highest BCUT2D eigenvalue weighted by Gasteiger charge is 2.34. The van der Waals surface area contributed by atoms with E-state index in [1.54, 1.807) is 24.3 Å². The second-order valence-corrected chi connectivity index (χ2v) is 8.93. The zero-order valence-corrected chi connectivity index (χ0v) is 20.1. The number of ketones is 1. The quantitative estimate of drug-likeness (QED) is 0.377. The first-order valence-electron chi connectivity index (χ1n) is 11.2. The van der Waals surface area contributed by atoms with Gasteiger partial charge in [0.1, 0.15) is 18.1 Å². The van der Waals surface area contributed by atoms with Crippen LogP contribution >= 0.6 is 11.6 Å². The van der Waals surface area contributed by atoms with Crippen LogP contribution in [0, 0.1) is 5.82 Å². The van der Waals surface area contributed by atoms with Crippen molar-refractivity contribution in [3.05, 3.63) is 58.5 Å². The summed E-state index contributed by atoms with van der Waals surface area (Å²) in [6, 6.07) is 8.47. The molecule has 4 N–H and O–H groups in total. The first-order chi connectivity index (χ1) is 17.1. The number of Topliss-reactive ketones (excluding diaryl/α,β-unsaturated/α-hetero) is 1. The molecule has 188 valence electrons. The fourth-order valence-corrected chi connectivity index (χ4v) is 4.09. The maximum absolute atomic E-state index is 14.1. The molecule has 12 heteroatoms. The summed E-state index contributed by atoms with van der Waals surface area (Å²) >= 11 is 5.78. The third-order valence-electron chi connectivity index (χ3n) is 5.77. The maximum Gasteiger partial charge on any atom is 0.316 e. The number of amides is 4. The summed E-state index contributed by atoms with van der Waals surface area (Å²) in [5.41, 5.74) is 6.45. The first-order valence-corrected chi connectivity index (χ1v) is 11.6. The number of hydrogen-bond donors (Lipinski definition) is 3. The first kappa shape index (κ1) is 25.1. The summed E-state index contributed by atoms with van der Waals surface area (Å²) in [7, 11) is 0. The third-order valence-corrected chi connectivity index (χ3v) is 6.06. The number of aromatic nitrogens is 2. The molecule has 0 saturated heterocycles. The lowest BCUT2D eigenvalue weighted by molar-refractivity contribution is -0.137. The van der Waals surface area contributed by atoms with E-state index in [-0.39, 0.29) is 53.6 Å². The van der Waals surface area contributed by atoms with Crippen molar-refractivity contribution in [3.63, 3.8) is 0 Å². The summed E-state index contributed by atoms with van der Waals surface area (Å²) in [4.78, 5) is 50.6. The van der Waals surface area contributed by atoms with Crippen molar-refractivity contribution in [1.29, 1.82) is 0 Å². The van der Waals surface area contributed by atoms with Crippen LogP contribution in [0.5, 0.6) is 0 Å². The predicted octanol–water partition coefficient (Wildman–Crippen LogP) is 2.83. The Morgan fingerprint density at radius 3 is 2.64 bits per heavy atom. The zero-order chi connectivity index (χ0) is 26.0. The van der Waals surface area contributed by atoms with E-state index < -0.39 is 17.8 Å². The van der Waals surface area contributed by atoms with Gasteiger partial charge in [-0.05, 0) is 37.1 Å². The lowest BCUT2D eigenvalue weighted by atomic mass is 10.1. The molecule has 2 aromatic carbocycles. The number of hydrogen-bond acceptors (Lipinski definition) is 5. The van der Waals surface area contributed by atoms with Gasteiger partial charge in [0.15, 0.2) is 5.78 Å². The monoisotopic (exact) mass is 514 g/mol. The van der Waals surface area contributed by atoms with E-state index in [0.29, 0.717) is 16.6 Å². The maximum atomic E-state index is 14.1. The van der Waals surface area contributed by atoms with E-state index in [2.05, 4.69) is 15.7 Å². The van der Waals surface area contributed by atoms with E-state index >= 15 is 0 Å². The van der Waals surface area contributed by atoms with Gasteiger partial charge < -0.3 is 21.3 Å². The average molecular weight is 515 g/mol. The Hall–Kier alpha value is -3.99. The molecule has 0 atom stereocenters. The second-order valence-electron chi connectivity index (χ2n) is 8.53. The number of urea groups is 1. The second kappa shape index (κ2) is 10.3. The van der Waals surface area contributed by atoms with Gasteiger partial charge >= 0.3 is 6.03 Å². The lowest BCUT2D eigenvalue weighted by Gasteiger charge is -2.22. The van der Waals surface area contributed by atoms with E-state index in [9.17, 15) is 23.6 Å². The predicted molar refractivity (Wildman–Crippen MR) is 131 cm³/mol. The molecule has 0 aliphatic heterocycles. The number of fused-ring (bicyclic) bond motifs is 1. The molecule has 36 heavy (non-hydrogen) atoms. The van der Waals surface area contributed by atoms with Gasteiger partial charge in [0.2, 0.25) is 11.8 Å². The molecule has 3 aromatic rings. The van der Waals surface area contributed by atoms with E-state index in [1.807, 2.05) is 0 Å². The van der Waals surface area contributed by atoms with E-state index in [4.69, 9.17) is 17.3 Å². The Labute approximate surface area is 210 Å². The minimum absolute atomic E-state index is 0.0366. The molecular weight excluding hydrogens is 491 g/mol. The van der Waals surface area contributed by atoms with E-state index in [1.165, 1.54) is 28.6 Å². The fraction of sp³-hybridized carbons (Fsp3) is 0.292. The Balaban J connectivity index is 1.49. The molecule has 1 fully saturated rings. The normalized spacial score (nSPS) is 12.9. The number of halogens is 2. The number of nitrogens with two attached hydrogens (primary N) is 1. The van der Waals surface area contributed by atoms with Crippen molar-refractivity contribution in [2.45, 2.75) is 38.9 Å². The molecule has 0 radical (unpaired) electrons. The molecule has 0 unspecified atom stereocenters. The van der Waals surface area contributed by atoms with Crippen LogP contribution in [0.3, 0.4) is 0 Å². The van der Waals surface area contributed by atoms with Gasteiger partial charge in [-0.2, -0.15) is 5.10 Å². The van der Waals surface area contributed by atoms with Crippen LogP contribution in [0.25, 0.3) is 10.9 Å². The summed E-state index contributed by atoms with van der Waals surface area (Å²) in [5, 5.41) is 9.80. The minimum atomic E-state index is -0.752. The van der Waals surface area contributed by atoms with Gasteiger partial charge in [-0.1, -0.05) is 23.7 Å². The Morgan fingerprint density at radius 2 is 1.97 bits per heavy atom. The number of nitrogens with zero attached hydrogens (tertiary/aromatic N) is 3. The lowest BCUT2D eigenvalue weighted by Crippen LogP contribution is -2.43. The molecule has 1 aliphatic carbocycles. The standard InChI is InChI=1S/C24H24ClFN6O4/c1-13(33)23-17-9-15(29-24(27)36)5-8-19(17)32(30-23)12-21(35)31(16-6-7-16)11-20(34)28-10-14-3-2-4-18(25)22(14)26/h2-5,8-9,16H,6-7,10-12H2,1H3,(H,28,34)(H3,27,29,36). The van der Waals surface area contributed by atoms with E-state index in [0.717, 1.165) is 12.8 Å². The Morgan fingerprint density at radius 1 is 1.22 bits per heavy atom. The van der Waals surface area contributed by atoms with Gasteiger partial charge in [0, 0.05) is 36.1 Å². The number of primary amides is 1. The average Bonchev–Trinajstić information content (AvgIpc) is 3.60. The van der Waals surface area contributed by atoms with Gasteiger partial charge in [-0.15, -0.1) is 0 Å². The number of nitrogens with one attached hydrogen (secondary N) is 2. The van der Waals surface area contributed by atoms with Crippen LogP contribution < -0.4 is 16.4 Å². The van der Waals surface area contributed by atoms with Crippen LogP contribution in [-0.4, -0.2) is 50.9 Å². The molecular formula is C24H24ClFN6O4. The molecule has 10 nitrogen and oxygen atoms in total. The third kappa shape index (κ3) is 5.62. The number of anilines is 1. The molecule has 0 bridgehead atoms. The highest BCUT2D eigenvalue weighted by molar-refractivity contribution is 6.30. The van der Waals surface area contributed by atoms with Gasteiger partial charge in [-0.25, -0.2) is 9.18 Å². The molecule has 1 aromatic heterocycles. The van der Waals surface area contributed by atoms with Crippen LogP contribution in [0.1, 0.15) is 35.8 Å². The zero-order valence-electron chi connectivity index (χ0n) is 19.4. The molecule has 1 saturated carbocycles.